The fourth-order valence-corrected chi connectivity index (χ4v) is 1.50. The van der Waals surface area contributed by atoms with Crippen molar-refractivity contribution in [2.45, 2.75) is 19.5 Å². The maximum Gasteiger partial charge on any atom is 0.412 e. The summed E-state index contributed by atoms with van der Waals surface area (Å²) in [5, 5.41) is 10.3. The Labute approximate surface area is 88.4 Å². The third kappa shape index (κ3) is 2.50. The Kier molecular flexibility index (Phi) is 3.08. The van der Waals surface area contributed by atoms with Gasteiger partial charge in [0.05, 0.1) is 9.96 Å². The van der Waals surface area contributed by atoms with E-state index in [1.807, 2.05) is 0 Å². The van der Waals surface area contributed by atoms with Gasteiger partial charge in [0.25, 0.3) is 5.70 Å². The molecular formula is C8H7ClF3NO2. The molecule has 7 heteroatoms. The molecule has 0 fully saturated rings. The van der Waals surface area contributed by atoms with Crippen LogP contribution in [0.1, 0.15) is 13.3 Å². The molecule has 3 nitrogen and oxygen atoms in total. The van der Waals surface area contributed by atoms with E-state index in [9.17, 15) is 23.3 Å². The summed E-state index contributed by atoms with van der Waals surface area (Å²) in [5.41, 5.74) is -1.58. The minimum absolute atomic E-state index is 0.131. The number of hydrogen-bond acceptors (Lipinski definition) is 2. The van der Waals surface area contributed by atoms with Crippen molar-refractivity contribution in [3.8, 4) is 0 Å². The van der Waals surface area contributed by atoms with Crippen molar-refractivity contribution in [1.29, 1.82) is 0 Å². The van der Waals surface area contributed by atoms with Crippen molar-refractivity contribution in [3.05, 3.63) is 32.5 Å². The van der Waals surface area contributed by atoms with Crippen LogP contribution in [0.3, 0.4) is 0 Å². The third-order valence-electron chi connectivity index (χ3n) is 2.08. The number of rotatable bonds is 1. The first kappa shape index (κ1) is 12.0. The molecule has 1 unspecified atom stereocenters. The highest BCUT2D eigenvalue weighted by molar-refractivity contribution is 6.30. The second-order valence-corrected chi connectivity index (χ2v) is 3.67. The van der Waals surface area contributed by atoms with Gasteiger partial charge in [0.15, 0.2) is 0 Å². The molecule has 0 aromatic carbocycles. The van der Waals surface area contributed by atoms with Crippen molar-refractivity contribution in [3.63, 3.8) is 0 Å². The zero-order chi connectivity index (χ0) is 11.8. The van der Waals surface area contributed by atoms with E-state index in [-0.39, 0.29) is 11.5 Å². The van der Waals surface area contributed by atoms with E-state index in [1.54, 1.807) is 0 Å². The highest BCUT2D eigenvalue weighted by atomic mass is 35.5. The van der Waals surface area contributed by atoms with Crippen LogP contribution in [0.25, 0.3) is 0 Å². The number of nitro groups is 1. The first-order valence-electron chi connectivity index (χ1n) is 4.05. The lowest BCUT2D eigenvalue weighted by molar-refractivity contribution is -0.420. The normalized spacial score (nSPS) is 22.7. The molecule has 1 atom stereocenters. The molecule has 0 spiro atoms. The molecule has 0 bridgehead atoms. The molecule has 0 N–H and O–H groups in total. The predicted octanol–water partition coefficient (Wildman–Crippen LogP) is 3.24. The molecule has 0 aromatic rings. The van der Waals surface area contributed by atoms with Crippen LogP contribution in [0.15, 0.2) is 22.4 Å². The lowest BCUT2D eigenvalue weighted by atomic mass is 9.93. The van der Waals surface area contributed by atoms with Crippen molar-refractivity contribution >= 4 is 11.6 Å². The van der Waals surface area contributed by atoms with Gasteiger partial charge in [-0.15, -0.1) is 0 Å². The van der Waals surface area contributed by atoms with Crippen molar-refractivity contribution < 1.29 is 18.1 Å². The summed E-state index contributed by atoms with van der Waals surface area (Å²) in [6, 6.07) is 0. The lowest BCUT2D eigenvalue weighted by Crippen LogP contribution is -2.20. The standard InChI is InChI=1S/C8H7ClF3NO2/c1-4-2-5(8(10,11)12)3-6(7(4)9)13(14)15/h3-4H,2H2,1H3. The van der Waals surface area contributed by atoms with Gasteiger partial charge in [-0.2, -0.15) is 13.2 Å². The Morgan fingerprint density at radius 2 is 2.13 bits per heavy atom. The van der Waals surface area contributed by atoms with Crippen molar-refractivity contribution in [2.24, 2.45) is 5.92 Å². The van der Waals surface area contributed by atoms with Crippen LogP contribution in [-0.2, 0) is 0 Å². The minimum atomic E-state index is -4.53. The summed E-state index contributed by atoms with van der Waals surface area (Å²) in [7, 11) is 0. The van der Waals surface area contributed by atoms with Crippen molar-refractivity contribution in [2.75, 3.05) is 0 Å². The quantitative estimate of drug-likeness (QED) is 0.522. The van der Waals surface area contributed by atoms with Crippen LogP contribution < -0.4 is 0 Å². The first-order chi connectivity index (χ1) is 6.73. The second kappa shape index (κ2) is 3.84. The Bertz CT molecular complexity index is 359. The molecule has 0 aliphatic heterocycles. The summed E-state index contributed by atoms with van der Waals surface area (Å²) in [6.07, 6.45) is -4.35. The van der Waals surface area contributed by atoms with Gasteiger partial charge in [0.1, 0.15) is 0 Å². The van der Waals surface area contributed by atoms with E-state index >= 15 is 0 Å². The summed E-state index contributed by atoms with van der Waals surface area (Å²) >= 11 is 5.57. The van der Waals surface area contributed by atoms with E-state index in [2.05, 4.69) is 0 Å². The Hall–Kier alpha value is -1.04. The summed E-state index contributed by atoms with van der Waals surface area (Å²) in [4.78, 5) is 9.54. The SMILES string of the molecule is CC1CC(C(F)(F)F)=CC([N+](=O)[O-])=C1Cl. The fraction of sp³-hybridized carbons (Fsp3) is 0.500. The minimum Gasteiger partial charge on any atom is -0.258 e. The molecule has 0 amide bonds. The van der Waals surface area contributed by atoms with Gasteiger partial charge in [0.2, 0.25) is 0 Å². The van der Waals surface area contributed by atoms with Crippen LogP contribution in [-0.4, -0.2) is 11.1 Å². The van der Waals surface area contributed by atoms with Gasteiger partial charge in [-0.25, -0.2) is 0 Å². The maximum absolute atomic E-state index is 12.3. The molecule has 1 aliphatic carbocycles. The molecule has 15 heavy (non-hydrogen) atoms. The van der Waals surface area contributed by atoms with Crippen LogP contribution in [0.2, 0.25) is 0 Å². The molecule has 84 valence electrons. The first-order valence-corrected chi connectivity index (χ1v) is 4.43. The summed E-state index contributed by atoms with van der Waals surface area (Å²) in [6.45, 7) is 1.42. The number of alkyl halides is 3. The molecule has 0 saturated carbocycles. The number of halogens is 4. The lowest BCUT2D eigenvalue weighted by Gasteiger charge is -2.19. The highest BCUT2D eigenvalue weighted by Crippen LogP contribution is 2.39. The average Bonchev–Trinajstić information content (AvgIpc) is 2.06. The molecule has 1 rings (SSSR count). The Morgan fingerprint density at radius 1 is 1.60 bits per heavy atom. The van der Waals surface area contributed by atoms with E-state index < -0.39 is 28.3 Å². The Morgan fingerprint density at radius 3 is 2.53 bits per heavy atom. The zero-order valence-corrected chi connectivity index (χ0v) is 8.39. The van der Waals surface area contributed by atoms with Crippen LogP contribution in [0.4, 0.5) is 13.2 Å². The topological polar surface area (TPSA) is 43.1 Å². The average molecular weight is 242 g/mol. The van der Waals surface area contributed by atoms with E-state index in [0.29, 0.717) is 6.08 Å². The Balaban J connectivity index is 3.18. The van der Waals surface area contributed by atoms with Gasteiger partial charge in [-0.3, -0.25) is 10.1 Å². The summed E-state index contributed by atoms with van der Waals surface area (Å²) < 4.78 is 37.0. The van der Waals surface area contributed by atoms with Gasteiger partial charge < -0.3 is 0 Å². The van der Waals surface area contributed by atoms with Gasteiger partial charge >= 0.3 is 6.18 Å². The maximum atomic E-state index is 12.3. The molecule has 0 aromatic heterocycles. The number of hydrogen-bond donors (Lipinski definition) is 0. The molecular weight excluding hydrogens is 235 g/mol. The molecule has 0 saturated heterocycles. The second-order valence-electron chi connectivity index (χ2n) is 3.26. The van der Waals surface area contributed by atoms with E-state index in [1.165, 1.54) is 6.92 Å². The molecule has 0 radical (unpaired) electrons. The van der Waals surface area contributed by atoms with Gasteiger partial charge in [0, 0.05) is 17.6 Å². The predicted molar refractivity (Wildman–Crippen MR) is 47.8 cm³/mol. The van der Waals surface area contributed by atoms with Gasteiger partial charge in [-0.05, 0) is 6.42 Å². The third-order valence-corrected chi connectivity index (χ3v) is 2.64. The van der Waals surface area contributed by atoms with E-state index in [4.69, 9.17) is 11.6 Å². The zero-order valence-electron chi connectivity index (χ0n) is 7.64. The van der Waals surface area contributed by atoms with Crippen LogP contribution in [0, 0.1) is 16.0 Å². The molecule has 1 aliphatic rings. The van der Waals surface area contributed by atoms with Crippen LogP contribution in [0.5, 0.6) is 0 Å². The van der Waals surface area contributed by atoms with E-state index in [0.717, 1.165) is 0 Å². The highest BCUT2D eigenvalue weighted by Gasteiger charge is 2.39. The monoisotopic (exact) mass is 241 g/mol. The van der Waals surface area contributed by atoms with Crippen molar-refractivity contribution in [1.82, 2.24) is 0 Å². The van der Waals surface area contributed by atoms with Gasteiger partial charge in [-0.1, -0.05) is 18.5 Å². The summed E-state index contributed by atoms with van der Waals surface area (Å²) in [5.74, 6) is -0.673. The molecule has 0 heterocycles. The number of nitrogens with zero attached hydrogens (tertiary/aromatic N) is 1. The van der Waals surface area contributed by atoms with Crippen LogP contribution >= 0.6 is 11.6 Å². The number of allylic oxidation sites excluding steroid dienone is 3. The fourth-order valence-electron chi connectivity index (χ4n) is 1.30. The largest absolute Gasteiger partial charge is 0.412 e. The smallest absolute Gasteiger partial charge is 0.258 e.